The first kappa shape index (κ1) is 23.6. The largest absolute Gasteiger partial charge is 0.378 e. The summed E-state index contributed by atoms with van der Waals surface area (Å²) in [4.78, 5) is 29.0. The Labute approximate surface area is 198 Å². The number of nitrogens with zero attached hydrogens (tertiary/aromatic N) is 5. The first-order valence-corrected chi connectivity index (χ1v) is 12.7. The number of nitrogens with one attached hydrogen (secondary N) is 1. The molecule has 0 spiro atoms. The Morgan fingerprint density at radius 3 is 2.64 bits per heavy atom. The summed E-state index contributed by atoms with van der Waals surface area (Å²) in [5.74, 6) is 1.11. The average Bonchev–Trinajstić information content (AvgIpc) is 3.12. The summed E-state index contributed by atoms with van der Waals surface area (Å²) in [5, 5.41) is 12.3. The quantitative estimate of drug-likeness (QED) is 0.591. The van der Waals surface area contributed by atoms with E-state index in [2.05, 4.69) is 20.4 Å². The second-order valence-electron chi connectivity index (χ2n) is 8.25. The van der Waals surface area contributed by atoms with Gasteiger partial charge < -0.3 is 24.4 Å². The van der Waals surface area contributed by atoms with E-state index in [0.717, 1.165) is 69.3 Å². The summed E-state index contributed by atoms with van der Waals surface area (Å²) in [5.41, 5.74) is 1.91. The summed E-state index contributed by atoms with van der Waals surface area (Å²) in [6.45, 7) is 7.21. The molecule has 0 radical (unpaired) electrons. The minimum Gasteiger partial charge on any atom is -0.378 e. The third kappa shape index (κ3) is 6.26. The summed E-state index contributed by atoms with van der Waals surface area (Å²) >= 11 is 1.36. The predicted octanol–water partition coefficient (Wildman–Crippen LogP) is 2.77. The Morgan fingerprint density at radius 1 is 1.09 bits per heavy atom. The van der Waals surface area contributed by atoms with Crippen LogP contribution in [0.3, 0.4) is 0 Å². The maximum atomic E-state index is 12.5. The molecule has 10 heteroatoms. The fourth-order valence-corrected chi connectivity index (χ4v) is 4.96. The topological polar surface area (TPSA) is 92.6 Å². The van der Waals surface area contributed by atoms with Gasteiger partial charge in [-0.15, -0.1) is 10.2 Å². The van der Waals surface area contributed by atoms with Gasteiger partial charge in [-0.25, -0.2) is 0 Å². The number of anilines is 2. The van der Waals surface area contributed by atoms with Crippen LogP contribution >= 0.6 is 11.8 Å². The number of carbonyl (C=O) groups excluding carboxylic acids is 2. The molecule has 0 unspecified atom stereocenters. The number of hydrogen-bond acceptors (Lipinski definition) is 7. The first-order chi connectivity index (χ1) is 16.1. The molecule has 9 nitrogen and oxygen atoms in total. The number of aromatic nitrogens is 3. The van der Waals surface area contributed by atoms with Crippen molar-refractivity contribution in [1.82, 2.24) is 19.7 Å². The molecule has 0 aliphatic carbocycles. The van der Waals surface area contributed by atoms with Crippen molar-refractivity contribution in [3.63, 3.8) is 0 Å². The highest BCUT2D eigenvalue weighted by atomic mass is 32.2. The van der Waals surface area contributed by atoms with E-state index in [9.17, 15) is 9.59 Å². The third-order valence-electron chi connectivity index (χ3n) is 5.97. The van der Waals surface area contributed by atoms with Crippen LogP contribution in [0, 0.1) is 0 Å². The minimum absolute atomic E-state index is 0.0889. The van der Waals surface area contributed by atoms with E-state index in [1.54, 1.807) is 0 Å². The van der Waals surface area contributed by atoms with Gasteiger partial charge in [0.05, 0.1) is 25.5 Å². The van der Waals surface area contributed by atoms with E-state index in [1.807, 2.05) is 40.7 Å². The number of amides is 2. The molecule has 178 valence electrons. The molecule has 1 N–H and O–H groups in total. The molecular weight excluding hydrogens is 440 g/mol. The molecule has 3 heterocycles. The molecule has 1 aromatic carbocycles. The molecule has 2 amide bonds. The van der Waals surface area contributed by atoms with E-state index in [1.165, 1.54) is 11.8 Å². The van der Waals surface area contributed by atoms with E-state index in [-0.39, 0.29) is 17.6 Å². The number of rotatable bonds is 8. The maximum absolute atomic E-state index is 12.5. The van der Waals surface area contributed by atoms with E-state index < -0.39 is 0 Å². The summed E-state index contributed by atoms with van der Waals surface area (Å²) < 4.78 is 7.39. The molecule has 0 bridgehead atoms. The van der Waals surface area contributed by atoms with Crippen LogP contribution in [-0.2, 0) is 27.4 Å². The summed E-state index contributed by atoms with van der Waals surface area (Å²) in [6, 6.07) is 7.91. The van der Waals surface area contributed by atoms with Crippen molar-refractivity contribution in [1.29, 1.82) is 0 Å². The molecule has 0 atom stereocenters. The molecular formula is C23H32N6O3S. The Balaban J connectivity index is 1.30. The van der Waals surface area contributed by atoms with Gasteiger partial charge in [0.25, 0.3) is 0 Å². The van der Waals surface area contributed by atoms with Crippen molar-refractivity contribution in [2.75, 3.05) is 48.8 Å². The van der Waals surface area contributed by atoms with Gasteiger partial charge >= 0.3 is 0 Å². The van der Waals surface area contributed by atoms with E-state index in [0.29, 0.717) is 24.7 Å². The van der Waals surface area contributed by atoms with Gasteiger partial charge in [0.15, 0.2) is 11.0 Å². The van der Waals surface area contributed by atoms with Crippen molar-refractivity contribution in [3.8, 4) is 0 Å². The number of likely N-dealkylation sites (tertiary alicyclic amines) is 1. The highest BCUT2D eigenvalue weighted by Crippen LogP contribution is 2.22. The van der Waals surface area contributed by atoms with Crippen LogP contribution in [0.4, 0.5) is 11.4 Å². The summed E-state index contributed by atoms with van der Waals surface area (Å²) in [6.07, 6.45) is 3.69. The third-order valence-corrected chi connectivity index (χ3v) is 6.94. The fourth-order valence-electron chi connectivity index (χ4n) is 4.14. The lowest BCUT2D eigenvalue weighted by molar-refractivity contribution is -0.131. The normalized spacial score (nSPS) is 17.2. The molecule has 1 aromatic heterocycles. The first-order valence-electron chi connectivity index (χ1n) is 11.7. The van der Waals surface area contributed by atoms with Gasteiger partial charge in [0.2, 0.25) is 11.8 Å². The number of ether oxygens (including phenoxy) is 1. The van der Waals surface area contributed by atoms with Gasteiger partial charge in [0, 0.05) is 44.0 Å². The van der Waals surface area contributed by atoms with Gasteiger partial charge in [-0.2, -0.15) is 0 Å². The van der Waals surface area contributed by atoms with Crippen LogP contribution in [0.1, 0.15) is 38.4 Å². The van der Waals surface area contributed by atoms with Crippen molar-refractivity contribution < 1.29 is 14.3 Å². The Hall–Kier alpha value is -2.59. The summed E-state index contributed by atoms with van der Waals surface area (Å²) in [7, 11) is 0. The van der Waals surface area contributed by atoms with Crippen molar-refractivity contribution in [3.05, 3.63) is 30.1 Å². The van der Waals surface area contributed by atoms with E-state index >= 15 is 0 Å². The molecule has 2 aliphatic rings. The zero-order valence-corrected chi connectivity index (χ0v) is 20.0. The van der Waals surface area contributed by atoms with Gasteiger partial charge in [0.1, 0.15) is 0 Å². The molecule has 33 heavy (non-hydrogen) atoms. The Kier molecular flexibility index (Phi) is 8.22. The van der Waals surface area contributed by atoms with Crippen LogP contribution < -0.4 is 10.2 Å². The number of morpholine rings is 1. The standard InChI is InChI=1S/C23H32N6O3S/c1-2-29-20(16-28-11-5-3-4-6-22(28)31)25-26-23(29)33-17-21(30)24-18-7-9-19(10-8-18)27-12-14-32-15-13-27/h7-10H,2-6,11-17H2,1H3,(H,24,30). The monoisotopic (exact) mass is 472 g/mol. The lowest BCUT2D eigenvalue weighted by Crippen LogP contribution is -2.36. The Bertz CT molecular complexity index is 942. The molecule has 2 fully saturated rings. The molecule has 2 aliphatic heterocycles. The Morgan fingerprint density at radius 2 is 1.88 bits per heavy atom. The predicted molar refractivity (Wildman–Crippen MR) is 128 cm³/mol. The SMILES string of the molecule is CCn1c(CN2CCCCCC2=O)nnc1SCC(=O)Nc1ccc(N2CCOCC2)cc1. The number of carbonyl (C=O) groups is 2. The highest BCUT2D eigenvalue weighted by molar-refractivity contribution is 7.99. The molecule has 2 saturated heterocycles. The van der Waals surface area contributed by atoms with Gasteiger partial charge in [-0.1, -0.05) is 18.2 Å². The smallest absolute Gasteiger partial charge is 0.234 e. The number of thioether (sulfide) groups is 1. The maximum Gasteiger partial charge on any atom is 0.234 e. The van der Waals surface area contributed by atoms with Crippen LogP contribution in [0.5, 0.6) is 0 Å². The second-order valence-corrected chi connectivity index (χ2v) is 9.19. The van der Waals surface area contributed by atoms with E-state index in [4.69, 9.17) is 4.74 Å². The highest BCUT2D eigenvalue weighted by Gasteiger charge is 2.21. The number of benzene rings is 1. The van der Waals surface area contributed by atoms with Crippen LogP contribution in [0.15, 0.2) is 29.4 Å². The lowest BCUT2D eigenvalue weighted by Gasteiger charge is -2.28. The van der Waals surface area contributed by atoms with Crippen molar-refractivity contribution in [2.45, 2.75) is 50.9 Å². The van der Waals surface area contributed by atoms with Crippen molar-refractivity contribution in [2.24, 2.45) is 0 Å². The van der Waals surface area contributed by atoms with Crippen molar-refractivity contribution >= 4 is 35.0 Å². The molecule has 2 aromatic rings. The van der Waals surface area contributed by atoms with Crippen LogP contribution in [-0.4, -0.2) is 70.1 Å². The molecule has 0 saturated carbocycles. The minimum atomic E-state index is -0.0889. The van der Waals surface area contributed by atoms with Gasteiger partial charge in [-0.05, 0) is 44.0 Å². The average molecular weight is 473 g/mol. The van der Waals surface area contributed by atoms with Crippen LogP contribution in [0.25, 0.3) is 0 Å². The lowest BCUT2D eigenvalue weighted by atomic mass is 10.2. The zero-order valence-electron chi connectivity index (χ0n) is 19.2. The number of hydrogen-bond donors (Lipinski definition) is 1. The second kappa shape index (κ2) is 11.5. The van der Waals surface area contributed by atoms with Crippen LogP contribution in [0.2, 0.25) is 0 Å². The van der Waals surface area contributed by atoms with Gasteiger partial charge in [-0.3, -0.25) is 9.59 Å². The molecule has 4 rings (SSSR count). The fraction of sp³-hybridized carbons (Fsp3) is 0.565. The zero-order chi connectivity index (χ0) is 23.0.